The van der Waals surface area contributed by atoms with Gasteiger partial charge in [0.1, 0.15) is 0 Å². The Kier molecular flexibility index (Phi) is 6.08. The van der Waals surface area contributed by atoms with Crippen LogP contribution in [0.15, 0.2) is 22.6 Å². The second-order valence-electron chi connectivity index (χ2n) is 10.8. The molecule has 0 bridgehead atoms. The number of nitrogens with zero attached hydrogens (tertiary/aromatic N) is 2. The molecule has 5 heteroatoms. The van der Waals surface area contributed by atoms with Crippen molar-refractivity contribution in [3.63, 3.8) is 0 Å². The summed E-state index contributed by atoms with van der Waals surface area (Å²) < 4.78 is 33.6. The van der Waals surface area contributed by atoms with E-state index >= 15 is 3.89 Å². The molecule has 0 spiro atoms. The molecular weight excluding hydrogens is 395 g/mol. The molecule has 1 aliphatic heterocycles. The Labute approximate surface area is 183 Å². The molecule has 0 aromatic heterocycles. The maximum atomic E-state index is 15.1. The summed E-state index contributed by atoms with van der Waals surface area (Å²) >= 11 is 0. The summed E-state index contributed by atoms with van der Waals surface area (Å²) in [5, 5.41) is 0. The molecule has 1 saturated heterocycles. The van der Waals surface area contributed by atoms with Crippen LogP contribution in [0.4, 0.5) is 3.89 Å². The molecule has 168 valence electrons. The lowest BCUT2D eigenvalue weighted by Crippen LogP contribution is -2.50. The molecule has 2 fully saturated rings. The van der Waals surface area contributed by atoms with Crippen LogP contribution < -0.4 is 0 Å². The van der Waals surface area contributed by atoms with E-state index in [1.54, 1.807) is 0 Å². The second-order valence-corrected chi connectivity index (χ2v) is 12.4. The topological polar surface area (TPSA) is 32.7 Å². The highest BCUT2D eigenvalue weighted by molar-refractivity contribution is 7.86. The van der Waals surface area contributed by atoms with E-state index in [4.69, 9.17) is 0 Å². The summed E-state index contributed by atoms with van der Waals surface area (Å²) in [4.78, 5) is 0. The molecule has 3 aliphatic rings. The first-order valence-electron chi connectivity index (χ1n) is 12.0. The predicted octanol–water partition coefficient (Wildman–Crippen LogP) is 6.57. The number of halogens is 1. The third-order valence-corrected chi connectivity index (χ3v) is 9.84. The van der Waals surface area contributed by atoms with Crippen LogP contribution in [0.2, 0.25) is 0 Å². The zero-order valence-corrected chi connectivity index (χ0v) is 20.1. The Morgan fingerprint density at radius 2 is 1.90 bits per heavy atom. The minimum atomic E-state index is -3.75. The van der Waals surface area contributed by atoms with Crippen molar-refractivity contribution >= 4 is 10.3 Å². The van der Waals surface area contributed by atoms with Crippen molar-refractivity contribution in [3.8, 4) is 0 Å². The van der Waals surface area contributed by atoms with Crippen molar-refractivity contribution in [2.75, 3.05) is 19.6 Å². The van der Waals surface area contributed by atoms with Gasteiger partial charge in [-0.25, -0.2) is 0 Å². The molecule has 0 N–H and O–H groups in total. The predicted molar refractivity (Wildman–Crippen MR) is 124 cm³/mol. The number of aryl methyl sites for hydroxylation is 1. The maximum absolute atomic E-state index is 15.1. The smallest absolute Gasteiger partial charge is 0.199 e. The molecule has 30 heavy (non-hydrogen) atoms. The second kappa shape index (κ2) is 8.20. The molecular formula is C25H39FN2OS. The fourth-order valence-corrected chi connectivity index (χ4v) is 7.92. The normalized spacial score (nSPS) is 34.1. The van der Waals surface area contributed by atoms with Crippen LogP contribution >= 0.6 is 0 Å². The highest BCUT2D eigenvalue weighted by Gasteiger charge is 2.51. The Bertz CT molecular complexity index is 900. The van der Waals surface area contributed by atoms with E-state index in [0.717, 1.165) is 44.9 Å². The molecule has 0 radical (unpaired) electrons. The Hall–Kier alpha value is -0.940. The average molecular weight is 435 g/mol. The molecule has 1 aromatic rings. The number of piperidine rings is 1. The van der Waals surface area contributed by atoms with Gasteiger partial charge >= 0.3 is 0 Å². The van der Waals surface area contributed by atoms with Gasteiger partial charge in [0.25, 0.3) is 10.3 Å². The van der Waals surface area contributed by atoms with E-state index in [0.29, 0.717) is 31.5 Å². The van der Waals surface area contributed by atoms with Crippen LogP contribution in [0.3, 0.4) is 0 Å². The Morgan fingerprint density at radius 3 is 2.60 bits per heavy atom. The summed E-state index contributed by atoms with van der Waals surface area (Å²) in [5.41, 5.74) is 4.43. The number of rotatable bonds is 4. The lowest BCUT2D eigenvalue weighted by atomic mass is 9.50. The number of hydrogen-bond donors (Lipinski definition) is 0. The minimum absolute atomic E-state index is 0.0913. The number of benzene rings is 1. The summed E-state index contributed by atoms with van der Waals surface area (Å²) in [6, 6.07) is 7.09. The Morgan fingerprint density at radius 1 is 1.17 bits per heavy atom. The van der Waals surface area contributed by atoms with Gasteiger partial charge in [0.2, 0.25) is 0 Å². The van der Waals surface area contributed by atoms with Crippen molar-refractivity contribution in [2.45, 2.75) is 90.4 Å². The average Bonchev–Trinajstić information content (AvgIpc) is 2.72. The first kappa shape index (κ1) is 22.3. The molecule has 1 heterocycles. The van der Waals surface area contributed by atoms with Gasteiger partial charge in [-0.2, -0.15) is 12.9 Å². The van der Waals surface area contributed by atoms with E-state index in [2.05, 4.69) is 50.3 Å². The van der Waals surface area contributed by atoms with Crippen molar-refractivity contribution in [2.24, 2.45) is 15.7 Å². The minimum Gasteiger partial charge on any atom is -0.199 e. The summed E-state index contributed by atoms with van der Waals surface area (Å²) in [7, 11) is -3.75. The maximum Gasteiger partial charge on any atom is 0.270 e. The van der Waals surface area contributed by atoms with Crippen LogP contribution in [-0.2, 0) is 22.1 Å². The van der Waals surface area contributed by atoms with Crippen LogP contribution in [0.5, 0.6) is 0 Å². The quantitative estimate of drug-likeness (QED) is 0.493. The molecule has 1 aromatic carbocycles. The van der Waals surface area contributed by atoms with Crippen molar-refractivity contribution in [1.82, 2.24) is 4.31 Å². The van der Waals surface area contributed by atoms with Gasteiger partial charge in [-0.3, -0.25) is 0 Å². The summed E-state index contributed by atoms with van der Waals surface area (Å²) in [6.45, 7) is 10.7. The molecule has 0 amide bonds. The lowest BCUT2D eigenvalue weighted by Gasteiger charge is -2.55. The lowest BCUT2D eigenvalue weighted by molar-refractivity contribution is 0.0331. The molecule has 1 unspecified atom stereocenters. The van der Waals surface area contributed by atoms with E-state index in [1.165, 1.54) is 27.4 Å². The standard InChI is InChI=1S/C25H39FN2OS/c1-19(2)20-9-11-22-21(17-20)10-12-23-24(3,13-8-14-25(22,23)4)18-27-30(26,29)28-15-6-5-7-16-28/h9,11,17,19,23H,5-8,10,12-16,18H2,1-4H3/t23-,24-,25+,30?/m0/s1. The van der Waals surface area contributed by atoms with Crippen molar-refractivity contribution in [3.05, 3.63) is 34.9 Å². The fourth-order valence-electron chi connectivity index (χ4n) is 6.59. The van der Waals surface area contributed by atoms with Crippen LogP contribution in [-0.4, -0.2) is 28.1 Å². The first-order valence-corrected chi connectivity index (χ1v) is 13.3. The highest BCUT2D eigenvalue weighted by atomic mass is 32.3. The van der Waals surface area contributed by atoms with E-state index in [1.807, 2.05) is 0 Å². The van der Waals surface area contributed by atoms with E-state index in [-0.39, 0.29) is 10.8 Å². The third kappa shape index (κ3) is 3.97. The molecule has 4 rings (SSSR count). The number of fused-ring (bicyclic) bond motifs is 3. The van der Waals surface area contributed by atoms with Gasteiger partial charge in [-0.15, -0.1) is 3.89 Å². The molecule has 2 aliphatic carbocycles. The van der Waals surface area contributed by atoms with Gasteiger partial charge in [0.15, 0.2) is 0 Å². The van der Waals surface area contributed by atoms with Crippen LogP contribution in [0.1, 0.15) is 95.2 Å². The van der Waals surface area contributed by atoms with Crippen molar-refractivity contribution in [1.29, 1.82) is 0 Å². The number of hydrogen-bond acceptors (Lipinski definition) is 2. The van der Waals surface area contributed by atoms with Crippen LogP contribution in [0.25, 0.3) is 0 Å². The van der Waals surface area contributed by atoms with Gasteiger partial charge in [-0.05, 0) is 77.9 Å². The van der Waals surface area contributed by atoms with Crippen LogP contribution in [0, 0.1) is 11.3 Å². The van der Waals surface area contributed by atoms with Gasteiger partial charge in [0, 0.05) is 13.1 Å². The fraction of sp³-hybridized carbons (Fsp3) is 0.760. The van der Waals surface area contributed by atoms with Gasteiger partial charge < -0.3 is 0 Å². The van der Waals surface area contributed by atoms with E-state index < -0.39 is 10.3 Å². The van der Waals surface area contributed by atoms with E-state index in [9.17, 15) is 4.21 Å². The summed E-state index contributed by atoms with van der Waals surface area (Å²) in [5.74, 6) is 1.00. The first-order chi connectivity index (χ1) is 14.2. The Balaban J connectivity index is 1.62. The molecule has 3 nitrogen and oxygen atoms in total. The third-order valence-electron chi connectivity index (χ3n) is 8.39. The highest BCUT2D eigenvalue weighted by Crippen LogP contribution is 2.57. The zero-order chi connectivity index (χ0) is 21.6. The molecule has 4 atom stereocenters. The monoisotopic (exact) mass is 434 g/mol. The largest absolute Gasteiger partial charge is 0.270 e. The zero-order valence-electron chi connectivity index (χ0n) is 19.3. The van der Waals surface area contributed by atoms with Gasteiger partial charge in [0.05, 0.1) is 6.54 Å². The van der Waals surface area contributed by atoms with Crippen molar-refractivity contribution < 1.29 is 8.09 Å². The SMILES string of the molecule is CC(C)c1ccc2c(c1)CC[C@H]1[C@](C)(CN=S(=O)(F)N3CCCCC3)CCC[C@]21C. The molecule has 1 saturated carbocycles. The van der Waals surface area contributed by atoms with Gasteiger partial charge in [-0.1, -0.05) is 58.7 Å². The summed E-state index contributed by atoms with van der Waals surface area (Å²) in [6.07, 6.45) is 8.50.